The number of aliphatic hydroxyl groups is 1. The van der Waals surface area contributed by atoms with Gasteiger partial charge < -0.3 is 5.11 Å². The maximum atomic E-state index is 12.2. The summed E-state index contributed by atoms with van der Waals surface area (Å²) in [6.45, 7) is 10.1. The third kappa shape index (κ3) is 1.69. The van der Waals surface area contributed by atoms with Crippen LogP contribution in [-0.2, 0) is 4.79 Å². The van der Waals surface area contributed by atoms with Gasteiger partial charge >= 0.3 is 0 Å². The summed E-state index contributed by atoms with van der Waals surface area (Å²) < 4.78 is 0. The number of hydrogen-bond acceptors (Lipinski definition) is 2. The first-order chi connectivity index (χ1) is 7.81. The van der Waals surface area contributed by atoms with Gasteiger partial charge in [0, 0.05) is 6.42 Å². The summed E-state index contributed by atoms with van der Waals surface area (Å²) in [5, 5.41) is 11.0. The van der Waals surface area contributed by atoms with E-state index in [1.165, 1.54) is 0 Å². The largest absolute Gasteiger partial charge is 0.389 e. The van der Waals surface area contributed by atoms with Gasteiger partial charge in [0.1, 0.15) is 5.78 Å². The molecule has 0 radical (unpaired) electrons. The third-order valence-electron chi connectivity index (χ3n) is 5.44. The van der Waals surface area contributed by atoms with Crippen LogP contribution in [0, 0.1) is 17.3 Å². The molecule has 0 heterocycles. The quantitative estimate of drug-likeness (QED) is 0.710. The number of carbonyl (C=O) groups is 1. The van der Waals surface area contributed by atoms with Crippen LogP contribution in [0.25, 0.3) is 0 Å². The molecule has 0 bridgehead atoms. The van der Waals surface area contributed by atoms with E-state index in [0.717, 1.165) is 24.8 Å². The predicted molar refractivity (Wildman–Crippen MR) is 68.6 cm³/mol. The van der Waals surface area contributed by atoms with E-state index in [1.807, 2.05) is 13.8 Å². The van der Waals surface area contributed by atoms with Crippen molar-refractivity contribution in [1.29, 1.82) is 0 Å². The number of fused-ring (bicyclic) bond motifs is 1. The molecule has 2 rings (SSSR count). The Hall–Kier alpha value is -0.630. The molecule has 2 aliphatic rings. The summed E-state index contributed by atoms with van der Waals surface area (Å²) in [4.78, 5) is 12.2. The van der Waals surface area contributed by atoms with Crippen molar-refractivity contribution in [3.63, 3.8) is 0 Å². The Morgan fingerprint density at radius 3 is 2.71 bits per heavy atom. The van der Waals surface area contributed by atoms with Gasteiger partial charge in [-0.05, 0) is 51.4 Å². The molecule has 17 heavy (non-hydrogen) atoms. The Morgan fingerprint density at radius 1 is 1.47 bits per heavy atom. The van der Waals surface area contributed by atoms with Gasteiger partial charge in [-0.1, -0.05) is 19.1 Å². The van der Waals surface area contributed by atoms with Crippen molar-refractivity contribution in [3.05, 3.63) is 12.2 Å². The van der Waals surface area contributed by atoms with Crippen molar-refractivity contribution in [3.8, 4) is 0 Å². The Labute approximate surface area is 104 Å². The standard InChI is InChI=1S/C15H24O2/c1-10(2)12-7-8-14(4)13(16)6-5-11(3)15(14,17)9-12/h11-12,17H,1,5-9H2,2-4H3/t11-,12-,14+,15-/m1/s1. The van der Waals surface area contributed by atoms with Gasteiger partial charge in [-0.2, -0.15) is 0 Å². The minimum Gasteiger partial charge on any atom is -0.389 e. The molecule has 0 aliphatic heterocycles. The summed E-state index contributed by atoms with van der Waals surface area (Å²) in [5.41, 5.74) is -0.188. The fourth-order valence-electron chi connectivity index (χ4n) is 3.79. The Bertz CT molecular complexity index is 360. The monoisotopic (exact) mass is 236 g/mol. The van der Waals surface area contributed by atoms with Crippen LogP contribution in [0.1, 0.15) is 52.9 Å². The molecule has 1 N–H and O–H groups in total. The maximum absolute atomic E-state index is 12.2. The molecule has 4 atom stereocenters. The second-order valence-electron chi connectivity index (χ2n) is 6.41. The Morgan fingerprint density at radius 2 is 2.12 bits per heavy atom. The predicted octanol–water partition coefficient (Wildman–Crippen LogP) is 3.10. The lowest BCUT2D eigenvalue weighted by Gasteiger charge is -2.55. The maximum Gasteiger partial charge on any atom is 0.141 e. The van der Waals surface area contributed by atoms with E-state index in [9.17, 15) is 9.90 Å². The molecule has 0 aromatic carbocycles. The lowest BCUT2D eigenvalue weighted by atomic mass is 9.51. The van der Waals surface area contributed by atoms with Gasteiger partial charge in [0.25, 0.3) is 0 Å². The molecule has 0 unspecified atom stereocenters. The highest BCUT2D eigenvalue weighted by Crippen LogP contribution is 2.55. The summed E-state index contributed by atoms with van der Waals surface area (Å²) in [6, 6.07) is 0. The second-order valence-corrected chi connectivity index (χ2v) is 6.41. The fraction of sp³-hybridized carbons (Fsp3) is 0.800. The zero-order valence-corrected chi connectivity index (χ0v) is 11.3. The minimum absolute atomic E-state index is 0.215. The van der Waals surface area contributed by atoms with E-state index >= 15 is 0 Å². The van der Waals surface area contributed by atoms with E-state index in [4.69, 9.17) is 0 Å². The van der Waals surface area contributed by atoms with Crippen LogP contribution in [0.3, 0.4) is 0 Å². The number of Topliss-reactive ketones (excluding diaryl/α,β-unsaturated/α-hetero) is 1. The topological polar surface area (TPSA) is 37.3 Å². The number of rotatable bonds is 1. The van der Waals surface area contributed by atoms with E-state index < -0.39 is 11.0 Å². The summed E-state index contributed by atoms with van der Waals surface area (Å²) in [6.07, 6.45) is 3.98. The van der Waals surface area contributed by atoms with Crippen molar-refractivity contribution >= 4 is 5.78 Å². The van der Waals surface area contributed by atoms with Crippen LogP contribution in [0.4, 0.5) is 0 Å². The first-order valence-electron chi connectivity index (χ1n) is 6.72. The van der Waals surface area contributed by atoms with Gasteiger partial charge in [0.05, 0.1) is 11.0 Å². The van der Waals surface area contributed by atoms with Gasteiger partial charge in [-0.15, -0.1) is 0 Å². The van der Waals surface area contributed by atoms with Gasteiger partial charge in [-0.25, -0.2) is 0 Å². The van der Waals surface area contributed by atoms with Gasteiger partial charge in [-0.3, -0.25) is 4.79 Å². The van der Waals surface area contributed by atoms with Crippen LogP contribution in [0.5, 0.6) is 0 Å². The average molecular weight is 236 g/mol. The molecular formula is C15H24O2. The molecule has 2 heteroatoms. The van der Waals surface area contributed by atoms with Crippen molar-refractivity contribution in [2.24, 2.45) is 17.3 Å². The number of allylic oxidation sites excluding steroid dienone is 1. The van der Waals surface area contributed by atoms with Crippen LogP contribution in [-0.4, -0.2) is 16.5 Å². The van der Waals surface area contributed by atoms with Crippen LogP contribution < -0.4 is 0 Å². The number of carbonyl (C=O) groups excluding carboxylic acids is 1. The molecule has 0 aromatic heterocycles. The van der Waals surface area contributed by atoms with E-state index in [1.54, 1.807) is 0 Å². The Kier molecular flexibility index (Phi) is 2.97. The van der Waals surface area contributed by atoms with E-state index in [0.29, 0.717) is 18.8 Å². The lowest BCUT2D eigenvalue weighted by molar-refractivity contribution is -0.183. The van der Waals surface area contributed by atoms with Crippen molar-refractivity contribution < 1.29 is 9.90 Å². The second kappa shape index (κ2) is 3.94. The lowest BCUT2D eigenvalue weighted by Crippen LogP contribution is -2.61. The highest BCUT2D eigenvalue weighted by atomic mass is 16.3. The molecule has 0 spiro atoms. The molecule has 96 valence electrons. The SMILES string of the molecule is C=C(C)[C@@H]1CC[C@@]2(C)C(=O)CC[C@@H](C)[C@]2(O)C1. The van der Waals surface area contributed by atoms with Gasteiger partial charge in [0.15, 0.2) is 0 Å². The normalized spacial score (nSPS) is 46.5. The molecule has 2 saturated carbocycles. The molecule has 2 aliphatic carbocycles. The van der Waals surface area contributed by atoms with E-state index in [-0.39, 0.29) is 11.7 Å². The van der Waals surface area contributed by atoms with Crippen LogP contribution >= 0.6 is 0 Å². The zero-order valence-electron chi connectivity index (χ0n) is 11.3. The average Bonchev–Trinajstić information content (AvgIpc) is 2.27. The highest BCUT2D eigenvalue weighted by molar-refractivity contribution is 5.87. The van der Waals surface area contributed by atoms with Crippen LogP contribution in [0.15, 0.2) is 12.2 Å². The highest BCUT2D eigenvalue weighted by Gasteiger charge is 2.59. The zero-order chi connectivity index (χ0) is 12.8. The number of ketones is 1. The first kappa shape index (κ1) is 12.8. The molecular weight excluding hydrogens is 212 g/mol. The molecule has 0 saturated heterocycles. The van der Waals surface area contributed by atoms with Gasteiger partial charge in [0.2, 0.25) is 0 Å². The fourth-order valence-corrected chi connectivity index (χ4v) is 3.79. The smallest absolute Gasteiger partial charge is 0.141 e. The van der Waals surface area contributed by atoms with Crippen molar-refractivity contribution in [2.75, 3.05) is 0 Å². The van der Waals surface area contributed by atoms with Crippen molar-refractivity contribution in [1.82, 2.24) is 0 Å². The molecule has 2 nitrogen and oxygen atoms in total. The van der Waals surface area contributed by atoms with E-state index in [2.05, 4.69) is 13.5 Å². The molecule has 0 amide bonds. The number of hydrogen-bond donors (Lipinski definition) is 1. The molecule has 2 fully saturated rings. The van der Waals surface area contributed by atoms with Crippen molar-refractivity contribution in [2.45, 2.75) is 58.5 Å². The summed E-state index contributed by atoms with van der Waals surface area (Å²) in [7, 11) is 0. The molecule has 0 aromatic rings. The first-order valence-corrected chi connectivity index (χ1v) is 6.72. The Balaban J connectivity index is 2.35. The summed E-state index contributed by atoms with van der Waals surface area (Å²) in [5.74, 6) is 0.854. The van der Waals surface area contributed by atoms with Crippen LogP contribution in [0.2, 0.25) is 0 Å². The third-order valence-corrected chi connectivity index (χ3v) is 5.44. The minimum atomic E-state index is -0.815. The summed E-state index contributed by atoms with van der Waals surface area (Å²) >= 11 is 0.